The van der Waals surface area contributed by atoms with Crippen LogP contribution in [0.1, 0.15) is 11.1 Å². The first-order valence-electron chi connectivity index (χ1n) is 9.08. The number of carboxylic acid groups (broad SMARTS) is 1. The second-order valence-electron chi connectivity index (χ2n) is 6.75. The van der Waals surface area contributed by atoms with Crippen LogP contribution in [0.5, 0.6) is 5.75 Å². The smallest absolute Gasteiger partial charge is 0.405 e. The normalized spacial score (nSPS) is 16.2. The number of carbonyl (C=O) groups is 1. The van der Waals surface area contributed by atoms with Gasteiger partial charge >= 0.3 is 6.09 Å². The summed E-state index contributed by atoms with van der Waals surface area (Å²) in [5, 5.41) is 12.0. The van der Waals surface area contributed by atoms with E-state index in [2.05, 4.69) is 23.5 Å². The number of amides is 1. The summed E-state index contributed by atoms with van der Waals surface area (Å²) >= 11 is 0. The Bertz CT molecular complexity index is 925. The van der Waals surface area contributed by atoms with Crippen molar-refractivity contribution in [2.75, 3.05) is 0 Å². The monoisotopic (exact) mass is 359 g/mol. The molecule has 27 heavy (non-hydrogen) atoms. The van der Waals surface area contributed by atoms with E-state index >= 15 is 0 Å². The Balaban J connectivity index is 1.61. The molecule has 2 N–H and O–H groups in total. The van der Waals surface area contributed by atoms with Crippen molar-refractivity contribution in [2.24, 2.45) is 0 Å². The Labute approximate surface area is 158 Å². The minimum Gasteiger partial charge on any atom is -0.488 e. The number of fused-ring (bicyclic) bond motifs is 1. The second kappa shape index (κ2) is 7.54. The molecule has 2 unspecified atom stereocenters. The minimum atomic E-state index is -1.03. The third-order valence-electron chi connectivity index (χ3n) is 4.96. The topological polar surface area (TPSA) is 58.6 Å². The summed E-state index contributed by atoms with van der Waals surface area (Å²) in [6.45, 7) is 0. The molecule has 0 aromatic heterocycles. The number of nitrogens with one attached hydrogen (secondary N) is 1. The standard InChI is InChI=1S/C23H21NO3/c25-23(26)24-20(14-16-8-3-1-4-9-16)22-15-19-18(12-7-13-21(19)27-22)17-10-5-2-6-11-17/h1-13,20,22,24H,14-15H2,(H,25,26). The van der Waals surface area contributed by atoms with Gasteiger partial charge in [0.2, 0.25) is 0 Å². The van der Waals surface area contributed by atoms with E-state index in [1.165, 1.54) is 0 Å². The van der Waals surface area contributed by atoms with Crippen LogP contribution in [0.15, 0.2) is 78.9 Å². The van der Waals surface area contributed by atoms with Crippen LogP contribution in [0.25, 0.3) is 11.1 Å². The van der Waals surface area contributed by atoms with Gasteiger partial charge in [0.15, 0.2) is 0 Å². The maximum Gasteiger partial charge on any atom is 0.405 e. The molecule has 1 aliphatic heterocycles. The molecule has 0 fully saturated rings. The van der Waals surface area contributed by atoms with Crippen LogP contribution in [0.2, 0.25) is 0 Å². The minimum absolute atomic E-state index is 0.235. The van der Waals surface area contributed by atoms with Gasteiger partial charge < -0.3 is 15.2 Å². The largest absolute Gasteiger partial charge is 0.488 e. The Morgan fingerprint density at radius 1 is 1.00 bits per heavy atom. The van der Waals surface area contributed by atoms with Crippen molar-refractivity contribution >= 4 is 6.09 Å². The lowest BCUT2D eigenvalue weighted by Gasteiger charge is -2.23. The fourth-order valence-corrected chi connectivity index (χ4v) is 3.71. The van der Waals surface area contributed by atoms with E-state index in [-0.39, 0.29) is 12.1 Å². The summed E-state index contributed by atoms with van der Waals surface area (Å²) < 4.78 is 6.18. The van der Waals surface area contributed by atoms with Gasteiger partial charge in [0, 0.05) is 12.0 Å². The van der Waals surface area contributed by atoms with Crippen molar-refractivity contribution in [2.45, 2.75) is 25.0 Å². The molecule has 0 spiro atoms. The van der Waals surface area contributed by atoms with Crippen LogP contribution in [0.3, 0.4) is 0 Å². The first-order valence-corrected chi connectivity index (χ1v) is 9.08. The summed E-state index contributed by atoms with van der Waals surface area (Å²) in [5.41, 5.74) is 4.51. The average Bonchev–Trinajstić information content (AvgIpc) is 3.13. The predicted octanol–water partition coefficient (Wildman–Crippen LogP) is 4.54. The Kier molecular flexibility index (Phi) is 4.79. The fourth-order valence-electron chi connectivity index (χ4n) is 3.71. The number of ether oxygens (including phenoxy) is 1. The first-order chi connectivity index (χ1) is 13.2. The van der Waals surface area contributed by atoms with Gasteiger partial charge in [-0.3, -0.25) is 0 Å². The maximum atomic E-state index is 11.4. The lowest BCUT2D eigenvalue weighted by Crippen LogP contribution is -2.46. The van der Waals surface area contributed by atoms with Gasteiger partial charge in [-0.1, -0.05) is 72.8 Å². The molecular weight excluding hydrogens is 338 g/mol. The molecule has 3 aromatic rings. The van der Waals surface area contributed by atoms with Crippen LogP contribution in [-0.4, -0.2) is 23.3 Å². The highest BCUT2D eigenvalue weighted by atomic mass is 16.5. The van der Waals surface area contributed by atoms with E-state index in [0.29, 0.717) is 12.8 Å². The zero-order valence-corrected chi connectivity index (χ0v) is 14.8. The van der Waals surface area contributed by atoms with Gasteiger partial charge in [0.1, 0.15) is 11.9 Å². The lowest BCUT2D eigenvalue weighted by atomic mass is 9.93. The van der Waals surface area contributed by atoms with Crippen LogP contribution >= 0.6 is 0 Å². The van der Waals surface area contributed by atoms with E-state index in [9.17, 15) is 9.90 Å². The molecule has 3 aromatic carbocycles. The van der Waals surface area contributed by atoms with Crippen molar-refractivity contribution in [3.8, 4) is 16.9 Å². The van der Waals surface area contributed by atoms with E-state index in [1.807, 2.05) is 60.7 Å². The van der Waals surface area contributed by atoms with E-state index in [1.54, 1.807) is 0 Å². The number of benzene rings is 3. The SMILES string of the molecule is O=C(O)NC(Cc1ccccc1)C1Cc2c(cccc2-c2ccccc2)O1. The summed E-state index contributed by atoms with van der Waals surface area (Å²) in [7, 11) is 0. The molecule has 1 aliphatic rings. The molecular formula is C23H21NO3. The third kappa shape index (κ3) is 3.80. The van der Waals surface area contributed by atoms with Crippen molar-refractivity contribution in [1.82, 2.24) is 5.32 Å². The molecule has 0 saturated carbocycles. The highest BCUT2D eigenvalue weighted by Crippen LogP contribution is 2.38. The lowest BCUT2D eigenvalue weighted by molar-refractivity contribution is 0.154. The zero-order chi connectivity index (χ0) is 18.6. The molecule has 4 heteroatoms. The zero-order valence-electron chi connectivity index (χ0n) is 14.8. The van der Waals surface area contributed by atoms with Gasteiger partial charge in [-0.2, -0.15) is 0 Å². The van der Waals surface area contributed by atoms with Gasteiger partial charge in [-0.15, -0.1) is 0 Å². The van der Waals surface area contributed by atoms with Crippen LogP contribution < -0.4 is 10.1 Å². The molecule has 4 nitrogen and oxygen atoms in total. The van der Waals surface area contributed by atoms with E-state index in [0.717, 1.165) is 28.0 Å². The molecule has 0 radical (unpaired) electrons. The summed E-state index contributed by atoms with van der Waals surface area (Å²) in [5.74, 6) is 0.839. The Hall–Kier alpha value is -3.27. The maximum absolute atomic E-state index is 11.4. The summed E-state index contributed by atoms with van der Waals surface area (Å²) in [4.78, 5) is 11.4. The van der Waals surface area contributed by atoms with Crippen LogP contribution in [0, 0.1) is 0 Å². The van der Waals surface area contributed by atoms with E-state index < -0.39 is 6.09 Å². The summed E-state index contributed by atoms with van der Waals surface area (Å²) in [6.07, 6.45) is 0.00455. The van der Waals surface area contributed by atoms with E-state index in [4.69, 9.17) is 4.74 Å². The highest BCUT2D eigenvalue weighted by Gasteiger charge is 2.33. The van der Waals surface area contributed by atoms with Gasteiger partial charge in [-0.25, -0.2) is 4.79 Å². The van der Waals surface area contributed by atoms with Gasteiger partial charge in [0.25, 0.3) is 0 Å². The summed E-state index contributed by atoms with van der Waals surface area (Å²) in [6, 6.07) is 25.8. The van der Waals surface area contributed by atoms with Crippen LogP contribution in [-0.2, 0) is 12.8 Å². The molecule has 2 atom stereocenters. The Morgan fingerprint density at radius 3 is 2.41 bits per heavy atom. The number of rotatable bonds is 5. The fraction of sp³-hybridized carbons (Fsp3) is 0.174. The van der Waals surface area contributed by atoms with Crippen LogP contribution in [0.4, 0.5) is 4.79 Å². The Morgan fingerprint density at radius 2 is 1.70 bits per heavy atom. The number of hydrogen-bond donors (Lipinski definition) is 2. The molecule has 4 rings (SSSR count). The van der Waals surface area contributed by atoms with Gasteiger partial charge in [-0.05, 0) is 29.2 Å². The predicted molar refractivity (Wildman–Crippen MR) is 105 cm³/mol. The van der Waals surface area contributed by atoms with Gasteiger partial charge in [0.05, 0.1) is 6.04 Å². The molecule has 0 aliphatic carbocycles. The first kappa shape index (κ1) is 17.2. The molecule has 1 heterocycles. The molecule has 0 saturated heterocycles. The number of hydrogen-bond acceptors (Lipinski definition) is 2. The third-order valence-corrected chi connectivity index (χ3v) is 4.96. The average molecular weight is 359 g/mol. The van der Waals surface area contributed by atoms with Crippen molar-refractivity contribution in [1.29, 1.82) is 0 Å². The second-order valence-corrected chi connectivity index (χ2v) is 6.75. The van der Waals surface area contributed by atoms with Crippen molar-refractivity contribution < 1.29 is 14.6 Å². The molecule has 136 valence electrons. The quantitative estimate of drug-likeness (QED) is 0.703. The van der Waals surface area contributed by atoms with Crippen molar-refractivity contribution in [3.05, 3.63) is 90.0 Å². The van der Waals surface area contributed by atoms with Crippen molar-refractivity contribution in [3.63, 3.8) is 0 Å². The molecule has 1 amide bonds. The highest BCUT2D eigenvalue weighted by molar-refractivity contribution is 5.71. The molecule has 0 bridgehead atoms.